The number of nitrogens with zero attached hydrogens (tertiary/aromatic N) is 2. The minimum atomic E-state index is 0.148. The first-order valence-corrected chi connectivity index (χ1v) is 6.89. The largest absolute Gasteiger partial charge is 0.329 e. The molecule has 2 rings (SSSR count). The molecular weight excluding hydrogens is 236 g/mol. The zero-order valence-electron chi connectivity index (χ0n) is 11.4. The standard InChI is InChI=1S/C16H20N2O/c1-2-12-18-13-11-17-16(18)15(19)10-6-9-14-7-4-3-5-8-14/h3-5,7-8,11,13H,2,6,9-10,12H2,1H3. The van der Waals surface area contributed by atoms with Crippen LogP contribution in [0.25, 0.3) is 0 Å². The number of benzene rings is 1. The number of hydrogen-bond acceptors (Lipinski definition) is 2. The van der Waals surface area contributed by atoms with E-state index in [1.165, 1.54) is 5.56 Å². The van der Waals surface area contributed by atoms with Gasteiger partial charge in [-0.3, -0.25) is 4.79 Å². The second-order valence-electron chi connectivity index (χ2n) is 4.71. The first-order valence-electron chi connectivity index (χ1n) is 6.89. The van der Waals surface area contributed by atoms with Gasteiger partial charge in [0.1, 0.15) is 0 Å². The highest BCUT2D eigenvalue weighted by Gasteiger charge is 2.11. The van der Waals surface area contributed by atoms with Crippen molar-refractivity contribution in [3.8, 4) is 0 Å². The molecule has 0 saturated carbocycles. The summed E-state index contributed by atoms with van der Waals surface area (Å²) in [6.07, 6.45) is 6.99. The van der Waals surface area contributed by atoms with Gasteiger partial charge in [-0.2, -0.15) is 0 Å². The van der Waals surface area contributed by atoms with Crippen molar-refractivity contribution < 1.29 is 4.79 Å². The predicted molar refractivity (Wildman–Crippen MR) is 76.2 cm³/mol. The minimum absolute atomic E-state index is 0.148. The highest BCUT2D eigenvalue weighted by Crippen LogP contribution is 2.09. The van der Waals surface area contributed by atoms with E-state index in [9.17, 15) is 4.79 Å². The number of aromatic nitrogens is 2. The summed E-state index contributed by atoms with van der Waals surface area (Å²) in [7, 11) is 0. The van der Waals surface area contributed by atoms with Crippen LogP contribution < -0.4 is 0 Å². The number of aryl methyl sites for hydroxylation is 2. The molecule has 2 aromatic rings. The van der Waals surface area contributed by atoms with Crippen molar-refractivity contribution >= 4 is 5.78 Å². The van der Waals surface area contributed by atoms with Crippen LogP contribution in [-0.2, 0) is 13.0 Å². The van der Waals surface area contributed by atoms with Crippen LogP contribution in [-0.4, -0.2) is 15.3 Å². The fourth-order valence-corrected chi connectivity index (χ4v) is 2.19. The highest BCUT2D eigenvalue weighted by atomic mass is 16.1. The monoisotopic (exact) mass is 256 g/mol. The SMILES string of the molecule is CCCn1ccnc1C(=O)CCCc1ccccc1. The maximum atomic E-state index is 12.1. The van der Waals surface area contributed by atoms with Gasteiger partial charge in [-0.1, -0.05) is 37.3 Å². The summed E-state index contributed by atoms with van der Waals surface area (Å²) in [5, 5.41) is 0. The van der Waals surface area contributed by atoms with E-state index in [2.05, 4.69) is 24.0 Å². The molecule has 0 radical (unpaired) electrons. The van der Waals surface area contributed by atoms with Crippen LogP contribution in [0.1, 0.15) is 42.4 Å². The fraction of sp³-hybridized carbons (Fsp3) is 0.375. The summed E-state index contributed by atoms with van der Waals surface area (Å²) in [6, 6.07) is 10.3. The van der Waals surface area contributed by atoms with E-state index in [0.717, 1.165) is 25.8 Å². The lowest BCUT2D eigenvalue weighted by Gasteiger charge is -2.05. The lowest BCUT2D eigenvalue weighted by Crippen LogP contribution is -2.10. The second kappa shape index (κ2) is 6.88. The molecule has 0 atom stereocenters. The highest BCUT2D eigenvalue weighted by molar-refractivity contribution is 5.92. The van der Waals surface area contributed by atoms with Gasteiger partial charge in [0, 0.05) is 25.4 Å². The summed E-state index contributed by atoms with van der Waals surface area (Å²) in [5.74, 6) is 0.754. The lowest BCUT2D eigenvalue weighted by atomic mass is 10.1. The summed E-state index contributed by atoms with van der Waals surface area (Å²) >= 11 is 0. The Bertz CT molecular complexity index is 517. The Labute approximate surface area is 114 Å². The van der Waals surface area contributed by atoms with E-state index in [1.54, 1.807) is 6.20 Å². The van der Waals surface area contributed by atoms with Crippen LogP contribution in [0, 0.1) is 0 Å². The van der Waals surface area contributed by atoms with E-state index in [1.807, 2.05) is 29.0 Å². The van der Waals surface area contributed by atoms with Crippen LogP contribution in [0.2, 0.25) is 0 Å². The van der Waals surface area contributed by atoms with Crippen LogP contribution in [0.15, 0.2) is 42.7 Å². The smallest absolute Gasteiger partial charge is 0.198 e. The van der Waals surface area contributed by atoms with E-state index >= 15 is 0 Å². The third-order valence-electron chi connectivity index (χ3n) is 3.14. The van der Waals surface area contributed by atoms with Crippen molar-refractivity contribution in [1.29, 1.82) is 0 Å². The van der Waals surface area contributed by atoms with Gasteiger partial charge in [-0.15, -0.1) is 0 Å². The summed E-state index contributed by atoms with van der Waals surface area (Å²) < 4.78 is 1.95. The van der Waals surface area contributed by atoms with Crippen molar-refractivity contribution in [1.82, 2.24) is 9.55 Å². The molecule has 0 bridgehead atoms. The number of rotatable bonds is 7. The number of Topliss-reactive ketones (excluding diaryl/α,β-unsaturated/α-hetero) is 1. The molecule has 0 saturated heterocycles. The molecule has 1 aromatic carbocycles. The Morgan fingerprint density at radius 1 is 1.26 bits per heavy atom. The third-order valence-corrected chi connectivity index (χ3v) is 3.14. The van der Waals surface area contributed by atoms with Crippen LogP contribution in [0.4, 0.5) is 0 Å². The Morgan fingerprint density at radius 2 is 2.05 bits per heavy atom. The molecule has 100 valence electrons. The molecule has 3 nitrogen and oxygen atoms in total. The van der Waals surface area contributed by atoms with Gasteiger partial charge < -0.3 is 4.57 Å². The van der Waals surface area contributed by atoms with E-state index in [0.29, 0.717) is 12.2 Å². The molecule has 1 aromatic heterocycles. The van der Waals surface area contributed by atoms with Crippen molar-refractivity contribution in [2.45, 2.75) is 39.2 Å². The van der Waals surface area contributed by atoms with Gasteiger partial charge in [0.15, 0.2) is 11.6 Å². The number of hydrogen-bond donors (Lipinski definition) is 0. The first kappa shape index (κ1) is 13.5. The van der Waals surface area contributed by atoms with Crippen LogP contribution in [0.5, 0.6) is 0 Å². The Balaban J connectivity index is 1.86. The normalized spacial score (nSPS) is 10.6. The molecule has 0 aliphatic rings. The number of carbonyl (C=O) groups excluding carboxylic acids is 1. The van der Waals surface area contributed by atoms with Gasteiger partial charge in [-0.05, 0) is 24.8 Å². The van der Waals surface area contributed by atoms with Gasteiger partial charge in [0.05, 0.1) is 0 Å². The third kappa shape index (κ3) is 3.78. The van der Waals surface area contributed by atoms with Gasteiger partial charge in [0.25, 0.3) is 0 Å². The molecule has 19 heavy (non-hydrogen) atoms. The first-order chi connectivity index (χ1) is 9.31. The van der Waals surface area contributed by atoms with Crippen molar-refractivity contribution in [2.24, 2.45) is 0 Å². The van der Waals surface area contributed by atoms with Gasteiger partial charge >= 0.3 is 0 Å². The summed E-state index contributed by atoms with van der Waals surface area (Å²) in [5.41, 5.74) is 1.28. The average molecular weight is 256 g/mol. The molecule has 0 spiro atoms. The average Bonchev–Trinajstić information content (AvgIpc) is 2.89. The van der Waals surface area contributed by atoms with E-state index < -0.39 is 0 Å². The molecule has 1 heterocycles. The predicted octanol–water partition coefficient (Wildman–Crippen LogP) is 3.50. The minimum Gasteiger partial charge on any atom is -0.329 e. The van der Waals surface area contributed by atoms with Gasteiger partial charge in [0.2, 0.25) is 0 Å². The molecule has 0 aliphatic carbocycles. The Morgan fingerprint density at radius 3 is 2.79 bits per heavy atom. The summed E-state index contributed by atoms with van der Waals surface area (Å²) in [6.45, 7) is 2.96. The number of ketones is 1. The molecule has 0 aliphatic heterocycles. The zero-order valence-corrected chi connectivity index (χ0v) is 11.4. The zero-order chi connectivity index (χ0) is 13.5. The lowest BCUT2D eigenvalue weighted by molar-refractivity contribution is 0.0966. The molecule has 0 fully saturated rings. The van der Waals surface area contributed by atoms with E-state index in [4.69, 9.17) is 0 Å². The molecule has 0 amide bonds. The van der Waals surface area contributed by atoms with Crippen molar-refractivity contribution in [2.75, 3.05) is 0 Å². The molecular formula is C16H20N2O. The maximum absolute atomic E-state index is 12.1. The Kier molecular flexibility index (Phi) is 4.90. The van der Waals surface area contributed by atoms with Crippen LogP contribution >= 0.6 is 0 Å². The number of carbonyl (C=O) groups is 1. The Hall–Kier alpha value is -1.90. The topological polar surface area (TPSA) is 34.9 Å². The fourth-order valence-electron chi connectivity index (χ4n) is 2.19. The number of imidazole rings is 1. The quantitative estimate of drug-likeness (QED) is 0.711. The van der Waals surface area contributed by atoms with Gasteiger partial charge in [-0.25, -0.2) is 4.98 Å². The van der Waals surface area contributed by atoms with Crippen molar-refractivity contribution in [3.05, 3.63) is 54.1 Å². The molecule has 0 N–H and O–H groups in total. The second-order valence-corrected chi connectivity index (χ2v) is 4.71. The molecule has 0 unspecified atom stereocenters. The van der Waals surface area contributed by atoms with Crippen molar-refractivity contribution in [3.63, 3.8) is 0 Å². The molecule has 3 heteroatoms. The van der Waals surface area contributed by atoms with E-state index in [-0.39, 0.29) is 5.78 Å². The maximum Gasteiger partial charge on any atom is 0.198 e. The van der Waals surface area contributed by atoms with Crippen LogP contribution in [0.3, 0.4) is 0 Å². The summed E-state index contributed by atoms with van der Waals surface area (Å²) in [4.78, 5) is 16.3.